The average Bonchev–Trinajstić information content (AvgIpc) is 2.22. The summed E-state index contributed by atoms with van der Waals surface area (Å²) < 4.78 is 0. The molecule has 1 aromatic rings. The second-order valence-electron chi connectivity index (χ2n) is 3.53. The first-order valence-electron chi connectivity index (χ1n) is 5.35. The predicted octanol–water partition coefficient (Wildman–Crippen LogP) is 1.93. The molecule has 15 heavy (non-hydrogen) atoms. The van der Waals surface area contributed by atoms with Gasteiger partial charge in [-0.25, -0.2) is 0 Å². The van der Waals surface area contributed by atoms with Crippen molar-refractivity contribution >= 4 is 11.6 Å². The van der Waals surface area contributed by atoms with Crippen LogP contribution in [-0.2, 0) is 11.2 Å². The fourth-order valence-electron chi connectivity index (χ4n) is 1.40. The Kier molecular flexibility index (Phi) is 4.84. The van der Waals surface area contributed by atoms with Crippen LogP contribution in [0, 0.1) is 0 Å². The van der Waals surface area contributed by atoms with Crippen molar-refractivity contribution in [1.29, 1.82) is 0 Å². The van der Waals surface area contributed by atoms with E-state index in [4.69, 9.17) is 5.73 Å². The summed E-state index contributed by atoms with van der Waals surface area (Å²) in [6.45, 7) is 2.54. The van der Waals surface area contributed by atoms with Gasteiger partial charge in [-0.2, -0.15) is 0 Å². The molecule has 0 aromatic heterocycles. The third kappa shape index (κ3) is 4.13. The van der Waals surface area contributed by atoms with Gasteiger partial charge in [0.2, 0.25) is 5.91 Å². The summed E-state index contributed by atoms with van der Waals surface area (Å²) in [5.41, 5.74) is 7.43. The number of anilines is 1. The Morgan fingerprint density at radius 3 is 2.53 bits per heavy atom. The summed E-state index contributed by atoms with van der Waals surface area (Å²) in [4.78, 5) is 11.2. The van der Waals surface area contributed by atoms with E-state index in [1.165, 1.54) is 5.56 Å². The topological polar surface area (TPSA) is 55.1 Å². The molecule has 0 unspecified atom stereocenters. The number of hydrogen-bond donors (Lipinski definition) is 2. The third-order valence-corrected chi connectivity index (χ3v) is 2.15. The molecule has 82 valence electrons. The molecule has 0 aliphatic heterocycles. The normalized spacial score (nSPS) is 10.0. The van der Waals surface area contributed by atoms with E-state index >= 15 is 0 Å². The Morgan fingerprint density at radius 1 is 1.33 bits per heavy atom. The van der Waals surface area contributed by atoms with Crippen LogP contribution in [0.15, 0.2) is 24.3 Å². The highest BCUT2D eigenvalue weighted by atomic mass is 16.1. The number of carbonyl (C=O) groups is 1. The number of nitrogens with one attached hydrogen (secondary N) is 1. The zero-order valence-electron chi connectivity index (χ0n) is 9.12. The van der Waals surface area contributed by atoms with Crippen molar-refractivity contribution in [3.8, 4) is 0 Å². The molecular weight excluding hydrogens is 188 g/mol. The molecular formula is C12H18N2O. The summed E-state index contributed by atoms with van der Waals surface area (Å²) in [6.07, 6.45) is 2.59. The van der Waals surface area contributed by atoms with Crippen LogP contribution in [0.1, 0.15) is 25.3 Å². The highest BCUT2D eigenvalue weighted by Gasteiger charge is 2.00. The summed E-state index contributed by atoms with van der Waals surface area (Å²) in [5, 5.41) is 2.79. The molecule has 0 aliphatic rings. The molecule has 0 spiro atoms. The average molecular weight is 206 g/mol. The Morgan fingerprint density at radius 2 is 2.00 bits per heavy atom. The molecule has 1 rings (SSSR count). The Balaban J connectivity index is 2.52. The molecule has 0 radical (unpaired) electrons. The highest BCUT2D eigenvalue weighted by Crippen LogP contribution is 2.11. The molecule has 1 aromatic carbocycles. The van der Waals surface area contributed by atoms with Crippen LogP contribution in [0.5, 0.6) is 0 Å². The number of benzene rings is 1. The minimum absolute atomic E-state index is 0.0271. The number of amides is 1. The van der Waals surface area contributed by atoms with Gasteiger partial charge in [-0.1, -0.05) is 25.5 Å². The molecule has 0 saturated heterocycles. The molecule has 3 heteroatoms. The first kappa shape index (κ1) is 11.7. The fourth-order valence-corrected chi connectivity index (χ4v) is 1.40. The minimum Gasteiger partial charge on any atom is -0.330 e. The first-order chi connectivity index (χ1) is 7.26. The predicted molar refractivity (Wildman–Crippen MR) is 62.7 cm³/mol. The Hall–Kier alpha value is -1.35. The van der Waals surface area contributed by atoms with Crippen molar-refractivity contribution in [3.63, 3.8) is 0 Å². The quantitative estimate of drug-likeness (QED) is 0.773. The maximum absolute atomic E-state index is 11.2. The molecule has 0 atom stereocenters. The van der Waals surface area contributed by atoms with Gasteiger partial charge in [0.25, 0.3) is 0 Å². The van der Waals surface area contributed by atoms with Crippen molar-refractivity contribution in [2.75, 3.05) is 11.9 Å². The first-order valence-corrected chi connectivity index (χ1v) is 5.35. The van der Waals surface area contributed by atoms with Crippen molar-refractivity contribution in [3.05, 3.63) is 29.8 Å². The Bertz CT molecular complexity index is 306. The number of rotatable bonds is 5. The number of nitrogens with two attached hydrogens (primary N) is 1. The SMILES string of the molecule is CCCc1ccc(NC(=O)CCN)cc1. The summed E-state index contributed by atoms with van der Waals surface area (Å²) in [5.74, 6) is -0.0271. The van der Waals surface area contributed by atoms with Crippen LogP contribution in [0.25, 0.3) is 0 Å². The second-order valence-corrected chi connectivity index (χ2v) is 3.53. The van der Waals surface area contributed by atoms with Gasteiger partial charge in [0.05, 0.1) is 0 Å². The smallest absolute Gasteiger partial charge is 0.225 e. The van der Waals surface area contributed by atoms with Gasteiger partial charge >= 0.3 is 0 Å². The Labute approximate surface area is 90.7 Å². The zero-order chi connectivity index (χ0) is 11.1. The lowest BCUT2D eigenvalue weighted by atomic mass is 10.1. The standard InChI is InChI=1S/C12H18N2O/c1-2-3-10-4-6-11(7-5-10)14-12(15)8-9-13/h4-7H,2-3,8-9,13H2,1H3,(H,14,15). The minimum atomic E-state index is -0.0271. The summed E-state index contributed by atoms with van der Waals surface area (Å²) in [7, 11) is 0. The van der Waals surface area contributed by atoms with Crippen LogP contribution in [-0.4, -0.2) is 12.5 Å². The van der Waals surface area contributed by atoms with Gasteiger partial charge in [0.15, 0.2) is 0 Å². The van der Waals surface area contributed by atoms with Gasteiger partial charge in [0.1, 0.15) is 0 Å². The highest BCUT2D eigenvalue weighted by molar-refractivity contribution is 5.90. The van der Waals surface area contributed by atoms with Crippen molar-refractivity contribution < 1.29 is 4.79 Å². The van der Waals surface area contributed by atoms with E-state index in [0.717, 1.165) is 18.5 Å². The van der Waals surface area contributed by atoms with E-state index in [1.807, 2.05) is 24.3 Å². The van der Waals surface area contributed by atoms with E-state index in [9.17, 15) is 4.79 Å². The van der Waals surface area contributed by atoms with E-state index in [2.05, 4.69) is 12.2 Å². The van der Waals surface area contributed by atoms with Crippen molar-refractivity contribution in [2.24, 2.45) is 5.73 Å². The van der Waals surface area contributed by atoms with E-state index < -0.39 is 0 Å². The maximum Gasteiger partial charge on any atom is 0.225 e. The summed E-state index contributed by atoms with van der Waals surface area (Å²) in [6, 6.07) is 7.95. The van der Waals surface area contributed by atoms with E-state index in [1.54, 1.807) is 0 Å². The lowest BCUT2D eigenvalue weighted by Crippen LogP contribution is -2.16. The maximum atomic E-state index is 11.2. The molecule has 0 aliphatic carbocycles. The largest absolute Gasteiger partial charge is 0.330 e. The second kappa shape index (κ2) is 6.19. The van der Waals surface area contributed by atoms with E-state index in [-0.39, 0.29) is 5.91 Å². The summed E-state index contributed by atoms with van der Waals surface area (Å²) >= 11 is 0. The number of hydrogen-bond acceptors (Lipinski definition) is 2. The van der Waals surface area contributed by atoms with Gasteiger partial charge in [-0.3, -0.25) is 4.79 Å². The van der Waals surface area contributed by atoms with Gasteiger partial charge < -0.3 is 11.1 Å². The van der Waals surface area contributed by atoms with E-state index in [0.29, 0.717) is 13.0 Å². The molecule has 0 heterocycles. The van der Waals surface area contributed by atoms with Gasteiger partial charge in [-0.15, -0.1) is 0 Å². The molecule has 0 saturated carbocycles. The molecule has 1 amide bonds. The zero-order valence-corrected chi connectivity index (χ0v) is 9.12. The van der Waals surface area contributed by atoms with Crippen molar-refractivity contribution in [2.45, 2.75) is 26.2 Å². The lowest BCUT2D eigenvalue weighted by Gasteiger charge is -2.05. The number of carbonyl (C=O) groups excluding carboxylic acids is 1. The van der Waals surface area contributed by atoms with Crippen LogP contribution in [0.2, 0.25) is 0 Å². The van der Waals surface area contributed by atoms with Gasteiger partial charge in [0, 0.05) is 18.7 Å². The molecule has 0 bridgehead atoms. The number of aryl methyl sites for hydroxylation is 1. The monoisotopic (exact) mass is 206 g/mol. The molecule has 3 N–H and O–H groups in total. The third-order valence-electron chi connectivity index (χ3n) is 2.15. The van der Waals surface area contributed by atoms with Crippen LogP contribution in [0.4, 0.5) is 5.69 Å². The fraction of sp³-hybridized carbons (Fsp3) is 0.417. The van der Waals surface area contributed by atoms with Gasteiger partial charge in [-0.05, 0) is 24.1 Å². The lowest BCUT2D eigenvalue weighted by molar-refractivity contribution is -0.116. The van der Waals surface area contributed by atoms with Crippen LogP contribution in [0.3, 0.4) is 0 Å². The molecule has 3 nitrogen and oxygen atoms in total. The van der Waals surface area contributed by atoms with Crippen LogP contribution >= 0.6 is 0 Å². The van der Waals surface area contributed by atoms with Crippen LogP contribution < -0.4 is 11.1 Å². The van der Waals surface area contributed by atoms with Crippen molar-refractivity contribution in [1.82, 2.24) is 0 Å². The molecule has 0 fully saturated rings.